The molecular weight excluding hydrogens is 302 g/mol. The Labute approximate surface area is 142 Å². The average molecular weight is 323 g/mol. The number of likely N-dealkylation sites (tertiary alicyclic amines) is 1. The molecule has 0 spiro atoms. The van der Waals surface area contributed by atoms with Crippen molar-refractivity contribution in [1.82, 2.24) is 4.90 Å². The first-order valence-electron chi connectivity index (χ1n) is 8.38. The molecule has 0 bridgehead atoms. The normalized spacial score (nSPS) is 18.9. The van der Waals surface area contributed by atoms with Crippen LogP contribution in [0.15, 0.2) is 36.4 Å². The van der Waals surface area contributed by atoms with Gasteiger partial charge in [0.1, 0.15) is 0 Å². The van der Waals surface area contributed by atoms with Gasteiger partial charge in [0.15, 0.2) is 11.5 Å². The fourth-order valence-electron chi connectivity index (χ4n) is 3.44. The summed E-state index contributed by atoms with van der Waals surface area (Å²) in [6, 6.07) is 12.0. The van der Waals surface area contributed by atoms with Crippen LogP contribution in [-0.4, -0.2) is 30.7 Å². The Morgan fingerprint density at radius 1 is 1.04 bits per heavy atom. The summed E-state index contributed by atoms with van der Waals surface area (Å²) >= 11 is 0. The van der Waals surface area contributed by atoms with E-state index in [4.69, 9.17) is 9.47 Å². The van der Waals surface area contributed by atoms with Crippen molar-refractivity contribution < 1.29 is 14.3 Å². The topological polar surface area (TPSA) is 38.8 Å². The van der Waals surface area contributed by atoms with Crippen molar-refractivity contribution in [3.63, 3.8) is 0 Å². The van der Waals surface area contributed by atoms with Gasteiger partial charge in [-0.1, -0.05) is 12.1 Å². The first-order valence-corrected chi connectivity index (χ1v) is 8.38. The maximum absolute atomic E-state index is 12.8. The molecule has 1 atom stereocenters. The Morgan fingerprint density at radius 3 is 2.71 bits per heavy atom. The number of aryl methyl sites for hydroxylation is 2. The van der Waals surface area contributed by atoms with E-state index in [1.165, 1.54) is 11.1 Å². The Balaban J connectivity index is 1.49. The van der Waals surface area contributed by atoms with Crippen LogP contribution in [0.1, 0.15) is 39.4 Å². The van der Waals surface area contributed by atoms with Gasteiger partial charge in [-0.3, -0.25) is 4.79 Å². The van der Waals surface area contributed by atoms with Gasteiger partial charge in [-0.2, -0.15) is 0 Å². The van der Waals surface area contributed by atoms with Crippen LogP contribution in [0.5, 0.6) is 11.5 Å². The van der Waals surface area contributed by atoms with Crippen molar-refractivity contribution in [1.29, 1.82) is 0 Å². The molecule has 4 heteroatoms. The van der Waals surface area contributed by atoms with E-state index >= 15 is 0 Å². The molecule has 2 heterocycles. The third kappa shape index (κ3) is 2.62. The highest BCUT2D eigenvalue weighted by Crippen LogP contribution is 2.37. The number of carbonyl (C=O) groups excluding carboxylic acids is 1. The van der Waals surface area contributed by atoms with Crippen LogP contribution in [0.4, 0.5) is 0 Å². The molecule has 1 amide bonds. The summed E-state index contributed by atoms with van der Waals surface area (Å²) < 4.78 is 10.8. The summed E-state index contributed by atoms with van der Waals surface area (Å²) in [6.07, 6.45) is 0.982. The molecule has 2 aromatic carbocycles. The van der Waals surface area contributed by atoms with Gasteiger partial charge in [0.2, 0.25) is 6.79 Å². The summed E-state index contributed by atoms with van der Waals surface area (Å²) in [6.45, 7) is 5.96. The second kappa shape index (κ2) is 5.86. The highest BCUT2D eigenvalue weighted by molar-refractivity contribution is 5.94. The summed E-state index contributed by atoms with van der Waals surface area (Å²) in [5.74, 6) is 2.10. The van der Waals surface area contributed by atoms with Crippen LogP contribution in [0.2, 0.25) is 0 Å². The van der Waals surface area contributed by atoms with Crippen LogP contribution >= 0.6 is 0 Å². The number of rotatable bonds is 2. The van der Waals surface area contributed by atoms with E-state index in [1.54, 1.807) is 0 Å². The zero-order chi connectivity index (χ0) is 16.7. The van der Waals surface area contributed by atoms with Crippen LogP contribution in [-0.2, 0) is 0 Å². The van der Waals surface area contributed by atoms with E-state index in [1.807, 2.05) is 36.1 Å². The minimum absolute atomic E-state index is 0.126. The quantitative estimate of drug-likeness (QED) is 0.846. The van der Waals surface area contributed by atoms with E-state index < -0.39 is 0 Å². The molecule has 24 heavy (non-hydrogen) atoms. The number of fused-ring (bicyclic) bond motifs is 1. The third-order valence-corrected chi connectivity index (χ3v) is 5.10. The van der Waals surface area contributed by atoms with Gasteiger partial charge in [0.25, 0.3) is 5.91 Å². The predicted molar refractivity (Wildman–Crippen MR) is 91.7 cm³/mol. The number of carbonyl (C=O) groups is 1. The fraction of sp³-hybridized carbons (Fsp3) is 0.350. The van der Waals surface area contributed by atoms with Crippen molar-refractivity contribution in [2.24, 2.45) is 0 Å². The SMILES string of the molecule is Cc1ccc(C(=O)N2CCC(c3ccc4c(c3)OCO4)C2)cc1C. The second-order valence-electron chi connectivity index (χ2n) is 6.65. The maximum Gasteiger partial charge on any atom is 0.253 e. The zero-order valence-electron chi connectivity index (χ0n) is 14.0. The molecule has 1 unspecified atom stereocenters. The van der Waals surface area contributed by atoms with Crippen molar-refractivity contribution in [2.45, 2.75) is 26.2 Å². The second-order valence-corrected chi connectivity index (χ2v) is 6.65. The lowest BCUT2D eigenvalue weighted by Crippen LogP contribution is -2.28. The monoisotopic (exact) mass is 323 g/mol. The van der Waals surface area contributed by atoms with E-state index in [9.17, 15) is 4.79 Å². The smallest absolute Gasteiger partial charge is 0.253 e. The van der Waals surface area contributed by atoms with Crippen molar-refractivity contribution in [2.75, 3.05) is 19.9 Å². The number of nitrogens with zero attached hydrogens (tertiary/aromatic N) is 1. The van der Waals surface area contributed by atoms with Crippen molar-refractivity contribution in [3.05, 3.63) is 58.7 Å². The van der Waals surface area contributed by atoms with E-state index in [0.717, 1.165) is 42.1 Å². The maximum atomic E-state index is 12.8. The van der Waals surface area contributed by atoms with Crippen LogP contribution in [0.25, 0.3) is 0 Å². The number of ether oxygens (including phenoxy) is 2. The molecule has 0 radical (unpaired) electrons. The predicted octanol–water partition coefficient (Wildman–Crippen LogP) is 3.66. The molecular formula is C20H21NO3. The zero-order valence-corrected chi connectivity index (χ0v) is 14.0. The molecule has 1 saturated heterocycles. The summed E-state index contributed by atoms with van der Waals surface area (Å²) in [4.78, 5) is 14.7. The highest BCUT2D eigenvalue weighted by atomic mass is 16.7. The first kappa shape index (κ1) is 15.1. The molecule has 0 aliphatic carbocycles. The Bertz CT molecular complexity index is 799. The number of benzene rings is 2. The lowest BCUT2D eigenvalue weighted by molar-refractivity contribution is 0.0790. The molecule has 4 nitrogen and oxygen atoms in total. The van der Waals surface area contributed by atoms with Crippen LogP contribution in [0.3, 0.4) is 0 Å². The minimum atomic E-state index is 0.126. The van der Waals surface area contributed by atoms with Gasteiger partial charge < -0.3 is 14.4 Å². The lowest BCUT2D eigenvalue weighted by Gasteiger charge is -2.17. The Morgan fingerprint density at radius 2 is 1.88 bits per heavy atom. The van der Waals surface area contributed by atoms with Crippen molar-refractivity contribution in [3.8, 4) is 11.5 Å². The van der Waals surface area contributed by atoms with Gasteiger partial charge in [0.05, 0.1) is 0 Å². The Hall–Kier alpha value is -2.49. The Kier molecular flexibility index (Phi) is 3.68. The largest absolute Gasteiger partial charge is 0.454 e. The molecule has 2 aromatic rings. The number of amides is 1. The lowest BCUT2D eigenvalue weighted by atomic mass is 9.98. The molecule has 4 rings (SSSR count). The molecule has 0 N–H and O–H groups in total. The van der Waals surface area contributed by atoms with Gasteiger partial charge in [-0.25, -0.2) is 0 Å². The van der Waals surface area contributed by atoms with Gasteiger partial charge >= 0.3 is 0 Å². The van der Waals surface area contributed by atoms with Crippen molar-refractivity contribution >= 4 is 5.91 Å². The van der Waals surface area contributed by atoms with Crippen LogP contribution < -0.4 is 9.47 Å². The fourth-order valence-corrected chi connectivity index (χ4v) is 3.44. The summed E-state index contributed by atoms with van der Waals surface area (Å²) in [7, 11) is 0. The van der Waals surface area contributed by atoms with Crippen LogP contribution in [0, 0.1) is 13.8 Å². The van der Waals surface area contributed by atoms with E-state index in [2.05, 4.69) is 19.1 Å². The molecule has 124 valence electrons. The minimum Gasteiger partial charge on any atom is -0.454 e. The standard InChI is InChI=1S/C20H21NO3/c1-13-3-4-16(9-14(13)2)20(22)21-8-7-17(11-21)15-5-6-18-19(10-15)24-12-23-18/h3-6,9-10,17H,7-8,11-12H2,1-2H3. The molecule has 0 saturated carbocycles. The summed E-state index contributed by atoms with van der Waals surface area (Å²) in [5, 5.41) is 0. The highest BCUT2D eigenvalue weighted by Gasteiger charge is 2.29. The number of hydrogen-bond acceptors (Lipinski definition) is 3. The molecule has 0 aromatic heterocycles. The summed E-state index contributed by atoms with van der Waals surface area (Å²) in [5.41, 5.74) is 4.37. The van der Waals surface area contributed by atoms with Gasteiger partial charge in [-0.15, -0.1) is 0 Å². The van der Waals surface area contributed by atoms with Gasteiger partial charge in [0, 0.05) is 24.6 Å². The molecule has 2 aliphatic rings. The number of hydrogen-bond donors (Lipinski definition) is 0. The molecule has 2 aliphatic heterocycles. The molecule has 1 fully saturated rings. The third-order valence-electron chi connectivity index (χ3n) is 5.10. The average Bonchev–Trinajstić information content (AvgIpc) is 3.24. The first-order chi connectivity index (χ1) is 11.6. The van der Waals surface area contributed by atoms with E-state index in [0.29, 0.717) is 12.7 Å². The van der Waals surface area contributed by atoms with Gasteiger partial charge in [-0.05, 0) is 61.2 Å². The van der Waals surface area contributed by atoms with E-state index in [-0.39, 0.29) is 5.91 Å².